The third kappa shape index (κ3) is 6.41. The summed E-state index contributed by atoms with van der Waals surface area (Å²) in [5.41, 5.74) is 0.0242. The van der Waals surface area contributed by atoms with Crippen molar-refractivity contribution in [3.05, 3.63) is 77.1 Å². The number of aromatic nitrogens is 2. The van der Waals surface area contributed by atoms with Crippen LogP contribution in [-0.2, 0) is 27.4 Å². The molecule has 0 aliphatic carbocycles. The summed E-state index contributed by atoms with van der Waals surface area (Å²) in [6, 6.07) is 12.8. The minimum Gasteiger partial charge on any atom is -0.326 e. The van der Waals surface area contributed by atoms with Crippen LogP contribution in [0.5, 0.6) is 0 Å². The summed E-state index contributed by atoms with van der Waals surface area (Å²) in [4.78, 5) is 18.6. The molecule has 0 spiro atoms. The molecule has 168 valence electrons. The third-order valence-corrected chi connectivity index (χ3v) is 5.77. The fourth-order valence-electron chi connectivity index (χ4n) is 2.59. The van der Waals surface area contributed by atoms with Crippen LogP contribution in [0, 0.1) is 0 Å². The van der Waals surface area contributed by atoms with Gasteiger partial charge in [-0.2, -0.15) is 13.2 Å². The lowest BCUT2D eigenvalue weighted by atomic mass is 10.1. The lowest BCUT2D eigenvalue weighted by molar-refractivity contribution is -0.141. The lowest BCUT2D eigenvalue weighted by Crippen LogP contribution is -2.17. The van der Waals surface area contributed by atoms with Gasteiger partial charge in [-0.1, -0.05) is 23.7 Å². The molecule has 0 fully saturated rings. The van der Waals surface area contributed by atoms with Crippen LogP contribution in [0.4, 0.5) is 24.8 Å². The van der Waals surface area contributed by atoms with E-state index in [0.29, 0.717) is 23.2 Å². The number of nitrogens with one attached hydrogen (secondary N) is 2. The molecule has 3 aromatic rings. The molecule has 0 radical (unpaired) electrons. The number of nitrogens with zero attached hydrogens (tertiary/aromatic N) is 2. The molecule has 0 saturated carbocycles. The first-order valence-corrected chi connectivity index (χ1v) is 11.0. The molecule has 0 atom stereocenters. The standard InChI is InChI=1S/C20H16ClF3N4O3S/c21-14-4-1-13(2-5-14)3-10-18(29)26-15-6-8-16(9-7-15)32(30,31)28-19-25-12-11-17(27-19)20(22,23)24/h1-2,4-9,11-12H,3,10H2,(H,26,29)(H,25,27,28). The third-order valence-electron chi connectivity index (χ3n) is 4.17. The van der Waals surface area contributed by atoms with E-state index < -0.39 is 27.8 Å². The van der Waals surface area contributed by atoms with Gasteiger partial charge in [0.05, 0.1) is 4.90 Å². The van der Waals surface area contributed by atoms with Crippen LogP contribution >= 0.6 is 11.6 Å². The van der Waals surface area contributed by atoms with Crippen LogP contribution in [0.25, 0.3) is 0 Å². The van der Waals surface area contributed by atoms with Crippen molar-refractivity contribution in [2.24, 2.45) is 0 Å². The number of carbonyl (C=O) groups excluding carboxylic acids is 1. The molecule has 32 heavy (non-hydrogen) atoms. The number of sulfonamides is 1. The van der Waals surface area contributed by atoms with E-state index >= 15 is 0 Å². The van der Waals surface area contributed by atoms with Gasteiger partial charge >= 0.3 is 6.18 Å². The number of rotatable bonds is 7. The predicted molar refractivity (Wildman–Crippen MR) is 113 cm³/mol. The van der Waals surface area contributed by atoms with Crippen molar-refractivity contribution >= 4 is 39.2 Å². The zero-order valence-corrected chi connectivity index (χ0v) is 17.8. The van der Waals surface area contributed by atoms with E-state index in [0.717, 1.165) is 11.8 Å². The molecule has 12 heteroatoms. The molecule has 0 unspecified atom stereocenters. The number of hydrogen-bond donors (Lipinski definition) is 2. The Labute approximate surface area is 186 Å². The summed E-state index contributed by atoms with van der Waals surface area (Å²) < 4.78 is 64.9. The van der Waals surface area contributed by atoms with Gasteiger partial charge in [-0.3, -0.25) is 4.79 Å². The maximum absolute atomic E-state index is 12.7. The molecule has 0 aliphatic heterocycles. The van der Waals surface area contributed by atoms with Crippen molar-refractivity contribution in [1.82, 2.24) is 9.97 Å². The first kappa shape index (κ1) is 23.5. The van der Waals surface area contributed by atoms with Gasteiger partial charge in [-0.25, -0.2) is 23.1 Å². The quantitative estimate of drug-likeness (QED) is 0.513. The Kier molecular flexibility index (Phi) is 6.99. The minimum atomic E-state index is -4.74. The molecule has 1 amide bonds. The summed E-state index contributed by atoms with van der Waals surface area (Å²) in [6.45, 7) is 0. The summed E-state index contributed by atoms with van der Waals surface area (Å²) in [6.07, 6.45) is -3.24. The van der Waals surface area contributed by atoms with Gasteiger partial charge in [0.15, 0.2) is 0 Å². The highest BCUT2D eigenvalue weighted by Gasteiger charge is 2.33. The molecular formula is C20H16ClF3N4O3S. The highest BCUT2D eigenvalue weighted by atomic mass is 35.5. The fraction of sp³-hybridized carbons (Fsp3) is 0.150. The van der Waals surface area contributed by atoms with Crippen LogP contribution in [0.2, 0.25) is 5.02 Å². The smallest absolute Gasteiger partial charge is 0.326 e. The molecule has 0 saturated heterocycles. The van der Waals surface area contributed by atoms with Gasteiger partial charge in [0.2, 0.25) is 11.9 Å². The fourth-order valence-corrected chi connectivity index (χ4v) is 3.67. The number of benzene rings is 2. The maximum atomic E-state index is 12.7. The van der Waals surface area contributed by atoms with Crippen molar-refractivity contribution in [3.63, 3.8) is 0 Å². The minimum absolute atomic E-state index is 0.204. The topological polar surface area (TPSA) is 101 Å². The zero-order chi connectivity index (χ0) is 23.4. The summed E-state index contributed by atoms with van der Waals surface area (Å²) >= 11 is 5.82. The number of amides is 1. The Morgan fingerprint density at radius 2 is 1.66 bits per heavy atom. The van der Waals surface area contributed by atoms with E-state index in [4.69, 9.17) is 11.6 Å². The normalized spacial score (nSPS) is 11.8. The molecule has 0 aliphatic rings. The van der Waals surface area contributed by atoms with Gasteiger partial charge in [-0.15, -0.1) is 0 Å². The molecular weight excluding hydrogens is 469 g/mol. The van der Waals surface area contributed by atoms with Crippen molar-refractivity contribution in [3.8, 4) is 0 Å². The van der Waals surface area contributed by atoms with E-state index in [2.05, 4.69) is 15.3 Å². The van der Waals surface area contributed by atoms with E-state index in [1.54, 1.807) is 12.1 Å². The average molecular weight is 485 g/mol. The summed E-state index contributed by atoms with van der Waals surface area (Å²) in [5, 5.41) is 3.25. The molecule has 1 aromatic heterocycles. The lowest BCUT2D eigenvalue weighted by Gasteiger charge is -2.10. The van der Waals surface area contributed by atoms with Crippen LogP contribution in [-0.4, -0.2) is 24.3 Å². The molecule has 0 bridgehead atoms. The molecule has 2 aromatic carbocycles. The Hall–Kier alpha value is -3.18. The van der Waals surface area contributed by atoms with E-state index in [1.807, 2.05) is 16.9 Å². The van der Waals surface area contributed by atoms with E-state index in [1.165, 1.54) is 24.3 Å². The van der Waals surface area contributed by atoms with Crippen molar-refractivity contribution in [2.45, 2.75) is 23.9 Å². The van der Waals surface area contributed by atoms with Crippen LogP contribution in [0.1, 0.15) is 17.7 Å². The molecule has 1 heterocycles. The number of carbonyl (C=O) groups is 1. The second-order valence-electron chi connectivity index (χ2n) is 6.57. The Morgan fingerprint density at radius 1 is 1.00 bits per heavy atom. The van der Waals surface area contributed by atoms with Gasteiger partial charge in [0, 0.05) is 23.3 Å². The molecule has 2 N–H and O–H groups in total. The zero-order valence-electron chi connectivity index (χ0n) is 16.2. The first-order valence-electron chi connectivity index (χ1n) is 9.10. The van der Waals surface area contributed by atoms with Gasteiger partial charge in [0.25, 0.3) is 10.0 Å². The maximum Gasteiger partial charge on any atom is 0.433 e. The monoisotopic (exact) mass is 484 g/mol. The average Bonchev–Trinajstić information content (AvgIpc) is 2.73. The summed E-state index contributed by atoms with van der Waals surface area (Å²) in [7, 11) is -4.24. The Morgan fingerprint density at radius 3 is 2.28 bits per heavy atom. The summed E-state index contributed by atoms with van der Waals surface area (Å²) in [5.74, 6) is -0.981. The van der Waals surface area contributed by atoms with Crippen molar-refractivity contribution < 1.29 is 26.4 Å². The van der Waals surface area contributed by atoms with E-state index in [-0.39, 0.29) is 17.2 Å². The number of halogens is 4. The van der Waals surface area contributed by atoms with Gasteiger partial charge in [-0.05, 0) is 54.4 Å². The molecule has 3 rings (SSSR count). The van der Waals surface area contributed by atoms with Crippen molar-refractivity contribution in [1.29, 1.82) is 0 Å². The van der Waals surface area contributed by atoms with Gasteiger partial charge in [0.1, 0.15) is 5.69 Å². The van der Waals surface area contributed by atoms with Crippen molar-refractivity contribution in [2.75, 3.05) is 10.0 Å². The number of anilines is 2. The van der Waals surface area contributed by atoms with E-state index in [9.17, 15) is 26.4 Å². The number of aryl methyl sites for hydroxylation is 1. The first-order chi connectivity index (χ1) is 15.0. The highest BCUT2D eigenvalue weighted by molar-refractivity contribution is 7.92. The molecule has 7 nitrogen and oxygen atoms in total. The number of hydrogen-bond acceptors (Lipinski definition) is 5. The second-order valence-corrected chi connectivity index (χ2v) is 8.69. The van der Waals surface area contributed by atoms with Crippen LogP contribution in [0.3, 0.4) is 0 Å². The highest BCUT2D eigenvalue weighted by Crippen LogP contribution is 2.28. The second kappa shape index (κ2) is 9.53. The predicted octanol–water partition coefficient (Wildman–Crippen LogP) is 4.52. The largest absolute Gasteiger partial charge is 0.433 e. The van der Waals surface area contributed by atoms with Gasteiger partial charge < -0.3 is 5.32 Å². The Balaban J connectivity index is 1.61. The number of alkyl halides is 3. The SMILES string of the molecule is O=C(CCc1ccc(Cl)cc1)Nc1ccc(S(=O)(=O)Nc2nccc(C(F)(F)F)n2)cc1. The van der Waals surface area contributed by atoms with Crippen LogP contribution in [0.15, 0.2) is 65.7 Å². The Bertz CT molecular complexity index is 1200. The van der Waals surface area contributed by atoms with Crippen LogP contribution < -0.4 is 10.0 Å².